The van der Waals surface area contributed by atoms with E-state index in [2.05, 4.69) is 6.07 Å². The van der Waals surface area contributed by atoms with Gasteiger partial charge in [0.05, 0.1) is 12.7 Å². The predicted molar refractivity (Wildman–Crippen MR) is 62.5 cm³/mol. The van der Waals surface area contributed by atoms with Crippen LogP contribution in [0.1, 0.15) is 27.7 Å². The molecule has 0 bridgehead atoms. The van der Waals surface area contributed by atoms with Gasteiger partial charge in [0.2, 0.25) is 0 Å². The van der Waals surface area contributed by atoms with E-state index >= 15 is 0 Å². The van der Waals surface area contributed by atoms with Gasteiger partial charge >= 0.3 is 0 Å². The van der Waals surface area contributed by atoms with Crippen LogP contribution in [0.3, 0.4) is 0 Å². The molecule has 4 nitrogen and oxygen atoms in total. The maximum absolute atomic E-state index is 9.02. The maximum atomic E-state index is 9.02. The van der Waals surface area contributed by atoms with E-state index in [4.69, 9.17) is 25.9 Å². The van der Waals surface area contributed by atoms with Gasteiger partial charge in [-0.1, -0.05) is 0 Å². The molecule has 15 heavy (non-hydrogen) atoms. The minimum Gasteiger partial charge on any atom is -0.338 e. The summed E-state index contributed by atoms with van der Waals surface area (Å²) in [6, 6.07) is 2.28. The Morgan fingerprint density at radius 1 is 1.40 bits per heavy atom. The molecule has 0 saturated heterocycles. The maximum Gasteiger partial charge on any atom is 0.274 e. The second kappa shape index (κ2) is 7.38. The summed E-state index contributed by atoms with van der Waals surface area (Å²) in [5, 5.41) is 9.02. The SMILES string of the molecule is CC(C)N(C(C)C)C(C#N)COP(O)Cl. The molecule has 0 aliphatic carbocycles. The van der Waals surface area contributed by atoms with Crippen LogP contribution in [0, 0.1) is 11.3 Å². The van der Waals surface area contributed by atoms with E-state index in [-0.39, 0.29) is 24.7 Å². The lowest BCUT2D eigenvalue weighted by molar-refractivity contribution is 0.107. The number of halogens is 1. The second-order valence-corrected chi connectivity index (χ2v) is 5.38. The average Bonchev–Trinajstić information content (AvgIpc) is 2.09. The molecular weight excluding hydrogens is 235 g/mol. The van der Waals surface area contributed by atoms with Gasteiger partial charge in [-0.3, -0.25) is 4.90 Å². The fourth-order valence-electron chi connectivity index (χ4n) is 1.64. The van der Waals surface area contributed by atoms with Crippen molar-refractivity contribution in [1.82, 2.24) is 4.90 Å². The molecule has 0 amide bonds. The molecule has 1 N–H and O–H groups in total. The van der Waals surface area contributed by atoms with Crippen molar-refractivity contribution in [2.24, 2.45) is 0 Å². The fraction of sp³-hybridized carbons (Fsp3) is 0.889. The number of hydrogen-bond acceptors (Lipinski definition) is 4. The first-order valence-corrected chi connectivity index (χ1v) is 6.96. The van der Waals surface area contributed by atoms with Crippen LogP contribution in [0.15, 0.2) is 0 Å². The number of nitrogens with zero attached hydrogens (tertiary/aromatic N) is 2. The topological polar surface area (TPSA) is 56.5 Å². The zero-order chi connectivity index (χ0) is 12.0. The molecule has 0 aromatic heterocycles. The molecule has 0 radical (unpaired) electrons. The molecule has 0 fully saturated rings. The first-order chi connectivity index (χ1) is 6.90. The number of hydrogen-bond donors (Lipinski definition) is 1. The smallest absolute Gasteiger partial charge is 0.274 e. The third-order valence-corrected chi connectivity index (χ3v) is 2.70. The molecule has 2 atom stereocenters. The van der Waals surface area contributed by atoms with E-state index < -0.39 is 7.73 Å². The van der Waals surface area contributed by atoms with Crippen molar-refractivity contribution < 1.29 is 9.42 Å². The Kier molecular flexibility index (Phi) is 7.42. The Morgan fingerprint density at radius 3 is 2.13 bits per heavy atom. The van der Waals surface area contributed by atoms with Crippen molar-refractivity contribution in [3.63, 3.8) is 0 Å². The molecule has 0 aromatic carbocycles. The lowest BCUT2D eigenvalue weighted by Crippen LogP contribution is -2.46. The molecule has 0 spiro atoms. The first kappa shape index (κ1) is 15.1. The highest BCUT2D eigenvalue weighted by molar-refractivity contribution is 7.75. The standard InChI is InChI=1S/C9H18ClN2O2P/c1-7(2)12(8(3)4)9(5-11)6-14-15(10)13/h7-9,13H,6H2,1-4H3. The van der Waals surface area contributed by atoms with E-state index in [1.54, 1.807) is 0 Å². The third kappa shape index (κ3) is 5.65. The number of nitriles is 1. The summed E-state index contributed by atoms with van der Waals surface area (Å²) in [7, 11) is -1.91. The van der Waals surface area contributed by atoms with Crippen LogP contribution in [0.2, 0.25) is 0 Å². The van der Waals surface area contributed by atoms with E-state index in [1.165, 1.54) is 0 Å². The molecule has 0 heterocycles. The third-order valence-electron chi connectivity index (χ3n) is 2.04. The van der Waals surface area contributed by atoms with E-state index in [1.807, 2.05) is 32.6 Å². The normalized spacial score (nSPS) is 15.7. The zero-order valence-electron chi connectivity index (χ0n) is 9.51. The van der Waals surface area contributed by atoms with E-state index in [9.17, 15) is 0 Å². The van der Waals surface area contributed by atoms with Gasteiger partial charge in [-0.05, 0) is 38.9 Å². The van der Waals surface area contributed by atoms with Crippen molar-refractivity contribution in [3.8, 4) is 6.07 Å². The van der Waals surface area contributed by atoms with Crippen LogP contribution in [0.25, 0.3) is 0 Å². The fourth-order valence-corrected chi connectivity index (χ4v) is 2.07. The minimum absolute atomic E-state index is 0.137. The largest absolute Gasteiger partial charge is 0.338 e. The van der Waals surface area contributed by atoms with E-state index in [0.29, 0.717) is 0 Å². The van der Waals surface area contributed by atoms with E-state index in [0.717, 1.165) is 0 Å². The summed E-state index contributed by atoms with van der Waals surface area (Å²) in [6.45, 7) is 8.22. The van der Waals surface area contributed by atoms with Gasteiger partial charge in [0, 0.05) is 12.1 Å². The van der Waals surface area contributed by atoms with Crippen molar-refractivity contribution in [2.75, 3.05) is 6.61 Å². The molecule has 6 heteroatoms. The van der Waals surface area contributed by atoms with Crippen molar-refractivity contribution >= 4 is 19.0 Å². The lowest BCUT2D eigenvalue weighted by Gasteiger charge is -2.34. The summed E-state index contributed by atoms with van der Waals surface area (Å²) in [6.07, 6.45) is 0. The Morgan fingerprint density at radius 2 is 1.87 bits per heavy atom. The second-order valence-electron chi connectivity index (χ2n) is 3.80. The molecule has 0 aromatic rings. The van der Waals surface area contributed by atoms with Crippen LogP contribution in [-0.2, 0) is 4.52 Å². The summed E-state index contributed by atoms with van der Waals surface area (Å²) in [4.78, 5) is 10.9. The van der Waals surface area contributed by atoms with Gasteiger partial charge in [-0.2, -0.15) is 5.26 Å². The van der Waals surface area contributed by atoms with Gasteiger partial charge in [-0.15, -0.1) is 0 Å². The van der Waals surface area contributed by atoms with Crippen LogP contribution in [-0.4, -0.2) is 34.5 Å². The number of rotatable bonds is 6. The Balaban J connectivity index is 4.41. The minimum atomic E-state index is -1.91. The Hall–Kier alpha value is 0.0900. The Bertz CT molecular complexity index is 211. The molecule has 2 unspecified atom stereocenters. The summed E-state index contributed by atoms with van der Waals surface area (Å²) < 4.78 is 4.90. The van der Waals surface area contributed by atoms with Crippen LogP contribution in [0.5, 0.6) is 0 Å². The van der Waals surface area contributed by atoms with Crippen LogP contribution in [0.4, 0.5) is 0 Å². The quantitative estimate of drug-likeness (QED) is 0.738. The summed E-state index contributed by atoms with van der Waals surface area (Å²) >= 11 is 5.31. The highest BCUT2D eigenvalue weighted by Gasteiger charge is 2.24. The highest BCUT2D eigenvalue weighted by atomic mass is 35.7. The molecule has 0 saturated carbocycles. The Labute approximate surface area is 97.5 Å². The predicted octanol–water partition coefficient (Wildman–Crippen LogP) is 2.47. The van der Waals surface area contributed by atoms with Crippen LogP contribution >= 0.6 is 19.0 Å². The first-order valence-electron chi connectivity index (χ1n) is 4.84. The van der Waals surface area contributed by atoms with Gasteiger partial charge in [0.15, 0.2) is 0 Å². The van der Waals surface area contributed by atoms with Crippen molar-refractivity contribution in [1.29, 1.82) is 5.26 Å². The molecule has 0 aliphatic rings. The lowest BCUT2D eigenvalue weighted by atomic mass is 10.1. The molecule has 88 valence electrons. The average molecular weight is 253 g/mol. The highest BCUT2D eigenvalue weighted by Crippen LogP contribution is 2.37. The van der Waals surface area contributed by atoms with Gasteiger partial charge in [-0.25, -0.2) is 0 Å². The van der Waals surface area contributed by atoms with Gasteiger partial charge in [0.25, 0.3) is 7.73 Å². The van der Waals surface area contributed by atoms with Crippen molar-refractivity contribution in [2.45, 2.75) is 45.8 Å². The van der Waals surface area contributed by atoms with Crippen LogP contribution < -0.4 is 0 Å². The monoisotopic (exact) mass is 252 g/mol. The molecule has 0 rings (SSSR count). The summed E-state index contributed by atoms with van der Waals surface area (Å²) in [5.41, 5.74) is 0. The zero-order valence-corrected chi connectivity index (χ0v) is 11.2. The van der Waals surface area contributed by atoms with Crippen molar-refractivity contribution in [3.05, 3.63) is 0 Å². The molecular formula is C9H18ClN2O2P. The van der Waals surface area contributed by atoms with Gasteiger partial charge < -0.3 is 9.42 Å². The molecule has 0 aliphatic heterocycles. The summed E-state index contributed by atoms with van der Waals surface area (Å²) in [5.74, 6) is 0. The van der Waals surface area contributed by atoms with Gasteiger partial charge in [0.1, 0.15) is 6.04 Å².